The maximum Gasteiger partial charge on any atom is 0.145 e. The molecule has 51 heavy (non-hydrogen) atoms. The number of rotatable bonds is 5. The maximum atomic E-state index is 6.80. The van der Waals surface area contributed by atoms with Crippen molar-refractivity contribution in [2.24, 2.45) is 0 Å². The number of benzene rings is 6. The van der Waals surface area contributed by atoms with Crippen LogP contribution in [-0.4, -0.2) is 9.55 Å². The molecule has 1 aliphatic carbocycles. The first kappa shape index (κ1) is 29.5. The van der Waals surface area contributed by atoms with E-state index in [0.29, 0.717) is 0 Å². The quantitative estimate of drug-likeness (QED) is 0.185. The van der Waals surface area contributed by atoms with Crippen molar-refractivity contribution in [2.45, 2.75) is 19.8 Å². The van der Waals surface area contributed by atoms with Gasteiger partial charge in [-0.05, 0) is 83.0 Å². The van der Waals surface area contributed by atoms with Crippen LogP contribution in [0.15, 0.2) is 162 Å². The smallest absolute Gasteiger partial charge is 0.145 e. The van der Waals surface area contributed by atoms with E-state index in [4.69, 9.17) is 9.40 Å². The molecule has 3 aromatic heterocycles. The van der Waals surface area contributed by atoms with Gasteiger partial charge in [-0.1, -0.05) is 140 Å². The molecule has 6 aromatic carbocycles. The van der Waals surface area contributed by atoms with Crippen molar-refractivity contribution >= 4 is 38.9 Å². The minimum atomic E-state index is 0.897. The summed E-state index contributed by atoms with van der Waals surface area (Å²) in [6, 6.07) is 53.9. The van der Waals surface area contributed by atoms with Crippen molar-refractivity contribution in [3.63, 3.8) is 0 Å². The van der Waals surface area contributed by atoms with Gasteiger partial charge in [0.1, 0.15) is 17.0 Å². The van der Waals surface area contributed by atoms with Gasteiger partial charge in [-0.25, -0.2) is 4.98 Å². The van der Waals surface area contributed by atoms with Crippen molar-refractivity contribution < 1.29 is 4.42 Å². The van der Waals surface area contributed by atoms with E-state index in [2.05, 4.69) is 175 Å². The fourth-order valence-electron chi connectivity index (χ4n) is 8.03. The van der Waals surface area contributed by atoms with Crippen LogP contribution in [0.2, 0.25) is 0 Å². The molecule has 0 N–H and O–H groups in total. The molecular weight excluding hydrogens is 621 g/mol. The number of nitrogens with zero attached hydrogens (tertiary/aromatic N) is 2. The van der Waals surface area contributed by atoms with Crippen LogP contribution in [0.4, 0.5) is 0 Å². The summed E-state index contributed by atoms with van der Waals surface area (Å²) in [4.78, 5) is 5.54. The molecule has 3 heteroatoms. The van der Waals surface area contributed by atoms with Crippen LogP contribution in [-0.2, 0) is 6.42 Å². The van der Waals surface area contributed by atoms with Gasteiger partial charge in [-0.3, -0.25) is 4.57 Å². The molecule has 0 saturated heterocycles. The highest BCUT2D eigenvalue weighted by Crippen LogP contribution is 2.46. The highest BCUT2D eigenvalue weighted by molar-refractivity contribution is 6.20. The lowest BCUT2D eigenvalue weighted by atomic mass is 9.94. The molecule has 0 fully saturated rings. The molecule has 0 amide bonds. The van der Waals surface area contributed by atoms with Gasteiger partial charge in [0.2, 0.25) is 0 Å². The fraction of sp³-hybridized carbons (Fsp3) is 0.0625. The number of aryl methyl sites for hydroxylation is 1. The van der Waals surface area contributed by atoms with Gasteiger partial charge in [-0.2, -0.15) is 0 Å². The summed E-state index contributed by atoms with van der Waals surface area (Å²) in [7, 11) is 0. The van der Waals surface area contributed by atoms with E-state index in [-0.39, 0.29) is 0 Å². The highest BCUT2D eigenvalue weighted by atomic mass is 16.3. The number of furan rings is 1. The molecule has 0 atom stereocenters. The molecule has 242 valence electrons. The number of hydrogen-bond acceptors (Lipinski definition) is 2. The Kier molecular flexibility index (Phi) is 6.85. The Morgan fingerprint density at radius 1 is 0.588 bits per heavy atom. The van der Waals surface area contributed by atoms with Gasteiger partial charge in [0.15, 0.2) is 0 Å². The van der Waals surface area contributed by atoms with Gasteiger partial charge in [0.05, 0.1) is 16.9 Å². The predicted molar refractivity (Wildman–Crippen MR) is 212 cm³/mol. The van der Waals surface area contributed by atoms with E-state index in [9.17, 15) is 0 Å². The maximum absolute atomic E-state index is 6.80. The van der Waals surface area contributed by atoms with Crippen LogP contribution in [0.3, 0.4) is 0 Å². The van der Waals surface area contributed by atoms with Crippen molar-refractivity contribution in [2.75, 3.05) is 0 Å². The second-order valence-corrected chi connectivity index (χ2v) is 13.4. The molecule has 1 aliphatic rings. The first-order valence-corrected chi connectivity index (χ1v) is 17.7. The van der Waals surface area contributed by atoms with Gasteiger partial charge >= 0.3 is 0 Å². The summed E-state index contributed by atoms with van der Waals surface area (Å²) < 4.78 is 9.20. The van der Waals surface area contributed by atoms with Crippen LogP contribution >= 0.6 is 0 Å². The number of para-hydroxylation sites is 1. The second kappa shape index (κ2) is 11.9. The monoisotopic (exact) mass is 654 g/mol. The topological polar surface area (TPSA) is 31.0 Å². The van der Waals surface area contributed by atoms with Crippen molar-refractivity contribution in [1.29, 1.82) is 0 Å². The van der Waals surface area contributed by atoms with E-state index in [1.54, 1.807) is 0 Å². The summed E-state index contributed by atoms with van der Waals surface area (Å²) in [6.45, 7) is 2.20. The van der Waals surface area contributed by atoms with E-state index in [1.807, 2.05) is 0 Å². The highest BCUT2D eigenvalue weighted by Gasteiger charge is 2.27. The Labute approximate surface area is 296 Å². The summed E-state index contributed by atoms with van der Waals surface area (Å²) in [5.74, 6) is 0.897. The van der Waals surface area contributed by atoms with Crippen molar-refractivity contribution in [1.82, 2.24) is 9.55 Å². The fourth-order valence-corrected chi connectivity index (χ4v) is 8.03. The number of allylic oxidation sites excluding steroid dienone is 1. The molecule has 0 spiro atoms. The predicted octanol–water partition coefficient (Wildman–Crippen LogP) is 12.9. The Balaban J connectivity index is 1.33. The average molecular weight is 655 g/mol. The summed E-state index contributed by atoms with van der Waals surface area (Å²) in [5.41, 5.74) is 15.8. The molecule has 0 bridgehead atoms. The zero-order valence-corrected chi connectivity index (χ0v) is 28.3. The third-order valence-electron chi connectivity index (χ3n) is 10.5. The normalized spacial score (nSPS) is 12.6. The van der Waals surface area contributed by atoms with E-state index in [0.717, 1.165) is 74.1 Å². The lowest BCUT2D eigenvalue weighted by Gasteiger charge is -2.18. The first-order valence-electron chi connectivity index (χ1n) is 17.7. The summed E-state index contributed by atoms with van der Waals surface area (Å²) >= 11 is 0. The van der Waals surface area contributed by atoms with Crippen LogP contribution in [0.1, 0.15) is 23.2 Å². The second-order valence-electron chi connectivity index (χ2n) is 13.4. The molecule has 0 aliphatic heterocycles. The third kappa shape index (κ3) is 4.77. The van der Waals surface area contributed by atoms with Gasteiger partial charge < -0.3 is 4.42 Å². The minimum absolute atomic E-state index is 0.897. The number of pyridine rings is 1. The van der Waals surface area contributed by atoms with Crippen molar-refractivity contribution in [3.8, 4) is 50.5 Å². The molecule has 9 aromatic rings. The van der Waals surface area contributed by atoms with Gasteiger partial charge in [0, 0.05) is 27.3 Å². The molecule has 10 rings (SSSR count). The lowest BCUT2D eigenvalue weighted by molar-refractivity contribution is 0.672. The third-order valence-corrected chi connectivity index (χ3v) is 10.5. The SMILES string of the molecule is Cc1c(-c2ccccc2)cc(-n2c3c(c4c5oc6ccccc6c5cc(-c5ccc(-c6ccccc6)cc5)c42)CCC=C3)nc1-c1ccccc1. The van der Waals surface area contributed by atoms with E-state index >= 15 is 0 Å². The Hall–Kier alpha value is -6.45. The Bertz CT molecular complexity index is 2710. The van der Waals surface area contributed by atoms with E-state index in [1.165, 1.54) is 38.9 Å². The molecule has 3 nitrogen and oxygen atoms in total. The zero-order chi connectivity index (χ0) is 33.9. The molecule has 0 radical (unpaired) electrons. The molecule has 0 unspecified atom stereocenters. The van der Waals surface area contributed by atoms with Crippen LogP contribution in [0.5, 0.6) is 0 Å². The summed E-state index contributed by atoms with van der Waals surface area (Å²) in [6.07, 6.45) is 6.50. The van der Waals surface area contributed by atoms with Gasteiger partial charge in [-0.15, -0.1) is 0 Å². The Morgan fingerprint density at radius 3 is 1.94 bits per heavy atom. The number of hydrogen-bond donors (Lipinski definition) is 0. The average Bonchev–Trinajstić information content (AvgIpc) is 3.75. The first-order chi connectivity index (χ1) is 25.2. The van der Waals surface area contributed by atoms with Crippen LogP contribution in [0.25, 0.3) is 89.4 Å². The molecule has 0 saturated carbocycles. The largest absolute Gasteiger partial charge is 0.455 e. The number of fused-ring (bicyclic) bond motifs is 7. The zero-order valence-electron chi connectivity index (χ0n) is 28.3. The lowest BCUT2D eigenvalue weighted by Crippen LogP contribution is -2.06. The molecule has 3 heterocycles. The van der Waals surface area contributed by atoms with Gasteiger partial charge in [0.25, 0.3) is 0 Å². The van der Waals surface area contributed by atoms with Crippen LogP contribution in [0, 0.1) is 6.92 Å². The standard InChI is InChI=1S/C48H34N2O/c1-31-39(34-17-7-3-8-18-34)30-44(49-46(31)36-19-9-4-10-20-36)50-42-23-13-11-22-38(42)45-47(50)40(29-41-37-21-12-14-24-43(37)51-48(41)45)35-27-25-33(26-28-35)32-15-5-2-6-16-32/h2-10,12-21,23-30H,11,22H2,1H3. The van der Waals surface area contributed by atoms with Crippen LogP contribution < -0.4 is 0 Å². The van der Waals surface area contributed by atoms with Crippen molar-refractivity contribution in [3.05, 3.63) is 175 Å². The summed E-state index contributed by atoms with van der Waals surface area (Å²) in [5, 5.41) is 3.45. The minimum Gasteiger partial charge on any atom is -0.455 e. The van der Waals surface area contributed by atoms with E-state index < -0.39 is 0 Å². The molecular formula is C48H34N2O. The Morgan fingerprint density at radius 2 is 1.20 bits per heavy atom. The number of aromatic nitrogens is 2.